The molecule has 0 aliphatic heterocycles. The second-order valence-electron chi connectivity index (χ2n) is 8.21. The number of nitrogens with zero attached hydrogens (tertiary/aromatic N) is 3. The van der Waals surface area contributed by atoms with Gasteiger partial charge in [-0.05, 0) is 30.7 Å². The largest absolute Gasteiger partial charge is 1.00 e. The number of rotatable bonds is 8. The average molecular weight is 584 g/mol. The van der Waals surface area contributed by atoms with Crippen LogP contribution in [0.5, 0.6) is 0 Å². The number of ether oxygens (including phenoxy) is 1. The maximum absolute atomic E-state index is 13.3. The number of aromatic carboxylic acids is 1. The summed E-state index contributed by atoms with van der Waals surface area (Å²) in [7, 11) is 1.48. The molecule has 10 nitrogen and oxygen atoms in total. The van der Waals surface area contributed by atoms with Crippen molar-refractivity contribution in [3.63, 3.8) is 0 Å². The zero-order valence-corrected chi connectivity index (χ0v) is 24.4. The number of fused-ring (bicyclic) bond motifs is 1. The number of methoxy groups -OCH3 is 1. The van der Waals surface area contributed by atoms with E-state index in [2.05, 4.69) is 20.6 Å². The molecule has 0 saturated heterocycles. The van der Waals surface area contributed by atoms with Gasteiger partial charge in [-0.15, -0.1) is 11.3 Å². The van der Waals surface area contributed by atoms with Gasteiger partial charge in [0.25, 0.3) is 0 Å². The van der Waals surface area contributed by atoms with Gasteiger partial charge in [0.2, 0.25) is 0 Å². The first-order chi connectivity index (χ1) is 18.5. The quantitative estimate of drug-likeness (QED) is 0.286. The Morgan fingerprint density at radius 2 is 1.95 bits per heavy atom. The van der Waals surface area contributed by atoms with E-state index in [9.17, 15) is 32.7 Å². The first kappa shape index (κ1) is 31.2. The van der Waals surface area contributed by atoms with Gasteiger partial charge in [0, 0.05) is 54.5 Å². The van der Waals surface area contributed by atoms with Crippen LogP contribution in [-0.2, 0) is 17.5 Å². The number of carbonyl (C=O) groups excluding carboxylic acids is 2. The summed E-state index contributed by atoms with van der Waals surface area (Å²) in [6.07, 6.45) is -2.15. The van der Waals surface area contributed by atoms with Gasteiger partial charge < -0.3 is 24.5 Å². The Morgan fingerprint density at radius 3 is 2.58 bits per heavy atom. The normalized spacial score (nSPS) is 11.2. The number of thiazole rings is 1. The van der Waals surface area contributed by atoms with Gasteiger partial charge in [-0.2, -0.15) is 13.2 Å². The fourth-order valence-corrected chi connectivity index (χ4v) is 4.72. The fourth-order valence-electron chi connectivity index (χ4n) is 3.86. The number of nitrogens with one attached hydrogen (secondary N) is 2. The second kappa shape index (κ2) is 12.9. The number of aromatic nitrogens is 3. The zero-order valence-electron chi connectivity index (χ0n) is 21.6. The van der Waals surface area contributed by atoms with Crippen LogP contribution in [0.4, 0.5) is 23.8 Å². The molecule has 4 rings (SSSR count). The van der Waals surface area contributed by atoms with Gasteiger partial charge in [0.05, 0.1) is 23.7 Å². The molecule has 2 amide bonds. The molecule has 0 spiro atoms. The topological polar surface area (TPSA) is 138 Å². The van der Waals surface area contributed by atoms with Gasteiger partial charge >= 0.3 is 41.8 Å². The van der Waals surface area contributed by atoms with E-state index in [1.165, 1.54) is 31.6 Å². The zero-order chi connectivity index (χ0) is 28.3. The summed E-state index contributed by atoms with van der Waals surface area (Å²) >= 11 is 0.748. The summed E-state index contributed by atoms with van der Waals surface area (Å²) in [4.78, 5) is 44.6. The molecule has 0 aliphatic rings. The number of benzene rings is 1. The minimum absolute atomic E-state index is 0. The van der Waals surface area contributed by atoms with E-state index >= 15 is 0 Å². The molecule has 0 aliphatic carbocycles. The van der Waals surface area contributed by atoms with Crippen molar-refractivity contribution < 1.29 is 62.2 Å². The molecule has 0 radical (unpaired) electrons. The number of hydrogen-bond acceptors (Lipinski definition) is 8. The van der Waals surface area contributed by atoms with Crippen molar-refractivity contribution in [3.05, 3.63) is 63.5 Å². The summed E-state index contributed by atoms with van der Waals surface area (Å²) in [5.74, 6) is -1.59. The molecule has 0 saturated carbocycles. The summed E-state index contributed by atoms with van der Waals surface area (Å²) in [6, 6.07) is 5.47. The standard InChI is InChI=1S/C25H22F3N5O5S.Na/c1-3-29-24(37)32-20-9-14(22-31-19(12-39-22)25(26,27)28)16(10-30-20)13-4-5-18-15(8-13)21(34)17(23(35)36)11-33(18)6-7-38-2;/h4-5,8-12H,3,6-7H2,1-2H3,(H,35,36)(H2,29,30,32,37);/q;+1/p-1. The number of amides is 2. The maximum Gasteiger partial charge on any atom is 1.00 e. The number of urea groups is 1. The number of halogens is 3. The van der Waals surface area contributed by atoms with E-state index < -0.39 is 34.9 Å². The van der Waals surface area contributed by atoms with Crippen molar-refractivity contribution in [1.82, 2.24) is 19.9 Å². The number of alkyl halides is 3. The van der Waals surface area contributed by atoms with E-state index in [1.807, 2.05) is 0 Å². The minimum Gasteiger partial charge on any atom is -0.545 e. The van der Waals surface area contributed by atoms with Gasteiger partial charge in [-0.3, -0.25) is 10.1 Å². The molecule has 3 heterocycles. The SMILES string of the molecule is CCNC(=O)Nc1cc(-c2nc(C(F)(F)F)cs2)c(-c2ccc3c(c2)c(=O)c(C(=O)[O-])cn3CCOC)cn1.[Na+]. The average Bonchev–Trinajstić information content (AvgIpc) is 3.39. The summed E-state index contributed by atoms with van der Waals surface area (Å²) in [6.45, 7) is 2.54. The molecule has 4 aromatic rings. The van der Waals surface area contributed by atoms with E-state index in [1.54, 1.807) is 23.6 Å². The Kier molecular flexibility index (Phi) is 10.1. The molecule has 0 bridgehead atoms. The van der Waals surface area contributed by atoms with E-state index in [-0.39, 0.29) is 64.5 Å². The number of hydrogen-bond donors (Lipinski definition) is 2. The monoisotopic (exact) mass is 583 g/mol. The van der Waals surface area contributed by atoms with Crippen molar-refractivity contribution in [3.8, 4) is 21.7 Å². The Hall–Kier alpha value is -3.30. The van der Waals surface area contributed by atoms with Crippen LogP contribution in [0.15, 0.2) is 46.8 Å². The molecule has 204 valence electrons. The molecule has 1 aromatic carbocycles. The molecule has 0 unspecified atom stereocenters. The summed E-state index contributed by atoms with van der Waals surface area (Å²) in [5, 5.41) is 17.6. The van der Waals surface area contributed by atoms with Crippen LogP contribution in [0, 0.1) is 0 Å². The number of carboxylic acids is 1. The Labute approximate surface area is 251 Å². The summed E-state index contributed by atoms with van der Waals surface area (Å²) in [5.41, 5.74) is -1.10. The molecule has 0 atom stereocenters. The van der Waals surface area contributed by atoms with Crippen LogP contribution in [0.3, 0.4) is 0 Å². The molecule has 40 heavy (non-hydrogen) atoms. The van der Waals surface area contributed by atoms with E-state index in [4.69, 9.17) is 4.74 Å². The van der Waals surface area contributed by atoms with Crippen molar-refractivity contribution in [2.75, 3.05) is 25.6 Å². The van der Waals surface area contributed by atoms with Gasteiger partial charge in [0.1, 0.15) is 10.8 Å². The van der Waals surface area contributed by atoms with E-state index in [0.29, 0.717) is 23.2 Å². The first-order valence-corrected chi connectivity index (χ1v) is 12.4. The van der Waals surface area contributed by atoms with Crippen LogP contribution in [0.25, 0.3) is 32.6 Å². The Bertz CT molecular complexity index is 1620. The van der Waals surface area contributed by atoms with Crippen LogP contribution in [0.1, 0.15) is 23.0 Å². The van der Waals surface area contributed by atoms with Crippen LogP contribution < -0.4 is 50.7 Å². The predicted molar refractivity (Wildman–Crippen MR) is 136 cm³/mol. The van der Waals surface area contributed by atoms with Gasteiger partial charge in [0.15, 0.2) is 11.1 Å². The van der Waals surface area contributed by atoms with Crippen molar-refractivity contribution in [1.29, 1.82) is 0 Å². The number of anilines is 1. The molecule has 0 fully saturated rings. The Morgan fingerprint density at radius 1 is 1.20 bits per heavy atom. The van der Waals surface area contributed by atoms with Crippen LogP contribution in [0.2, 0.25) is 0 Å². The third kappa shape index (κ3) is 6.70. The Balaban J connectivity index is 0.00000441. The third-order valence-corrected chi connectivity index (χ3v) is 6.53. The molecular weight excluding hydrogens is 562 g/mol. The second-order valence-corrected chi connectivity index (χ2v) is 9.07. The maximum atomic E-state index is 13.3. The van der Waals surface area contributed by atoms with Crippen molar-refractivity contribution >= 4 is 40.1 Å². The minimum atomic E-state index is -4.67. The van der Waals surface area contributed by atoms with Crippen molar-refractivity contribution in [2.24, 2.45) is 0 Å². The number of carboxylic acid groups (broad SMARTS) is 1. The fraction of sp³-hybridized carbons (Fsp3) is 0.240. The third-order valence-electron chi connectivity index (χ3n) is 5.66. The molecule has 3 aromatic heterocycles. The summed E-state index contributed by atoms with van der Waals surface area (Å²) < 4.78 is 46.5. The number of pyridine rings is 2. The predicted octanol–water partition coefficient (Wildman–Crippen LogP) is 0.361. The number of carbonyl (C=O) groups is 2. The van der Waals surface area contributed by atoms with Gasteiger partial charge in [-0.25, -0.2) is 14.8 Å². The van der Waals surface area contributed by atoms with Gasteiger partial charge in [-0.1, -0.05) is 6.07 Å². The van der Waals surface area contributed by atoms with Crippen LogP contribution in [-0.4, -0.2) is 46.8 Å². The van der Waals surface area contributed by atoms with E-state index in [0.717, 1.165) is 16.7 Å². The van der Waals surface area contributed by atoms with Crippen molar-refractivity contribution in [2.45, 2.75) is 19.6 Å². The molecule has 2 N–H and O–H groups in total. The smallest absolute Gasteiger partial charge is 0.545 e. The molecular formula is C25H21F3N5NaO5S. The van der Waals surface area contributed by atoms with Crippen LogP contribution >= 0.6 is 11.3 Å². The first-order valence-electron chi connectivity index (χ1n) is 11.5. The molecule has 15 heteroatoms.